The van der Waals surface area contributed by atoms with Gasteiger partial charge < -0.3 is 5.73 Å². The van der Waals surface area contributed by atoms with Gasteiger partial charge in [-0.15, -0.1) is 0 Å². The van der Waals surface area contributed by atoms with Gasteiger partial charge in [-0.2, -0.15) is 0 Å². The first-order chi connectivity index (χ1) is 8.97. The summed E-state index contributed by atoms with van der Waals surface area (Å²) in [5.41, 5.74) is 7.40. The standard InChI is InChI=1S/C15H21FN2S/c1-10(2)8-18(13-5-6-13)9-11-3-4-12(16)7-14(11)15(17)19/h3-4,7,10,13H,5-6,8-9H2,1-2H3,(H2,17,19). The van der Waals surface area contributed by atoms with E-state index in [0.717, 1.165) is 18.7 Å². The lowest BCUT2D eigenvalue weighted by molar-refractivity contribution is 0.226. The maximum Gasteiger partial charge on any atom is 0.123 e. The van der Waals surface area contributed by atoms with E-state index < -0.39 is 0 Å². The van der Waals surface area contributed by atoms with Crippen LogP contribution in [0.4, 0.5) is 4.39 Å². The van der Waals surface area contributed by atoms with Gasteiger partial charge in [0.1, 0.15) is 10.8 Å². The number of thiocarbonyl (C=S) groups is 1. The van der Waals surface area contributed by atoms with Gasteiger partial charge in [-0.3, -0.25) is 4.90 Å². The molecule has 1 aliphatic rings. The molecule has 104 valence electrons. The Labute approximate surface area is 119 Å². The molecule has 0 amide bonds. The summed E-state index contributed by atoms with van der Waals surface area (Å²) in [6.45, 7) is 6.29. The van der Waals surface area contributed by atoms with Crippen molar-refractivity contribution in [1.82, 2.24) is 4.90 Å². The summed E-state index contributed by atoms with van der Waals surface area (Å²) in [6.07, 6.45) is 2.52. The van der Waals surface area contributed by atoms with Crippen LogP contribution in [0.2, 0.25) is 0 Å². The second kappa shape index (κ2) is 5.97. The summed E-state index contributed by atoms with van der Waals surface area (Å²) in [4.78, 5) is 2.73. The summed E-state index contributed by atoms with van der Waals surface area (Å²) in [5.74, 6) is 0.336. The smallest absolute Gasteiger partial charge is 0.123 e. The van der Waals surface area contributed by atoms with Crippen molar-refractivity contribution in [3.8, 4) is 0 Å². The van der Waals surface area contributed by atoms with E-state index in [9.17, 15) is 4.39 Å². The summed E-state index contributed by atoms with van der Waals surface area (Å²) in [5, 5.41) is 0. The fourth-order valence-corrected chi connectivity index (χ4v) is 2.58. The largest absolute Gasteiger partial charge is 0.389 e. The van der Waals surface area contributed by atoms with Crippen LogP contribution in [0.3, 0.4) is 0 Å². The molecule has 0 aliphatic heterocycles. The van der Waals surface area contributed by atoms with E-state index in [-0.39, 0.29) is 10.8 Å². The molecule has 1 aromatic carbocycles. The molecule has 0 aromatic heterocycles. The fraction of sp³-hybridized carbons (Fsp3) is 0.533. The average Bonchev–Trinajstić information content (AvgIpc) is 3.13. The van der Waals surface area contributed by atoms with E-state index in [1.54, 1.807) is 6.07 Å². The third kappa shape index (κ3) is 3.98. The minimum atomic E-state index is -0.284. The Kier molecular flexibility index (Phi) is 4.53. The number of halogens is 1. The number of nitrogens with two attached hydrogens (primary N) is 1. The molecule has 0 atom stereocenters. The molecule has 0 radical (unpaired) electrons. The zero-order valence-electron chi connectivity index (χ0n) is 11.5. The van der Waals surface area contributed by atoms with Gasteiger partial charge in [0.25, 0.3) is 0 Å². The van der Waals surface area contributed by atoms with Gasteiger partial charge in [0.15, 0.2) is 0 Å². The van der Waals surface area contributed by atoms with E-state index in [1.807, 2.05) is 0 Å². The van der Waals surface area contributed by atoms with Crippen molar-refractivity contribution in [2.24, 2.45) is 11.7 Å². The molecule has 0 spiro atoms. The minimum Gasteiger partial charge on any atom is -0.389 e. The highest BCUT2D eigenvalue weighted by atomic mass is 32.1. The lowest BCUT2D eigenvalue weighted by atomic mass is 10.1. The van der Waals surface area contributed by atoms with Crippen LogP contribution < -0.4 is 5.73 Å². The van der Waals surface area contributed by atoms with Crippen molar-refractivity contribution in [2.45, 2.75) is 39.3 Å². The molecule has 0 heterocycles. The predicted molar refractivity (Wildman–Crippen MR) is 80.6 cm³/mol. The molecule has 0 unspecified atom stereocenters. The normalized spacial score (nSPS) is 15.2. The number of benzene rings is 1. The van der Waals surface area contributed by atoms with Crippen molar-refractivity contribution < 1.29 is 4.39 Å². The summed E-state index contributed by atoms with van der Waals surface area (Å²) >= 11 is 5.02. The topological polar surface area (TPSA) is 29.3 Å². The van der Waals surface area contributed by atoms with Crippen LogP contribution in [0.25, 0.3) is 0 Å². The molecule has 1 aromatic rings. The van der Waals surface area contributed by atoms with Gasteiger partial charge in [-0.1, -0.05) is 32.1 Å². The Bertz CT molecular complexity index is 469. The average molecular weight is 280 g/mol. The van der Waals surface area contributed by atoms with Crippen molar-refractivity contribution in [2.75, 3.05) is 6.54 Å². The number of nitrogens with zero attached hydrogens (tertiary/aromatic N) is 1. The quantitative estimate of drug-likeness (QED) is 0.812. The molecule has 1 saturated carbocycles. The Morgan fingerprint density at radius 1 is 1.47 bits per heavy atom. The monoisotopic (exact) mass is 280 g/mol. The van der Waals surface area contributed by atoms with Crippen LogP contribution in [0.15, 0.2) is 18.2 Å². The number of hydrogen-bond acceptors (Lipinski definition) is 2. The Balaban J connectivity index is 2.18. The van der Waals surface area contributed by atoms with Gasteiger partial charge in [-0.25, -0.2) is 4.39 Å². The Morgan fingerprint density at radius 3 is 2.68 bits per heavy atom. The third-order valence-electron chi connectivity index (χ3n) is 3.37. The molecular formula is C15H21FN2S. The highest BCUT2D eigenvalue weighted by Gasteiger charge is 2.29. The number of rotatable bonds is 6. The molecule has 0 saturated heterocycles. The molecule has 0 bridgehead atoms. The van der Waals surface area contributed by atoms with E-state index in [2.05, 4.69) is 18.7 Å². The Hall–Kier alpha value is -1.00. The molecule has 19 heavy (non-hydrogen) atoms. The van der Waals surface area contributed by atoms with Gasteiger partial charge in [0.05, 0.1) is 0 Å². The lowest BCUT2D eigenvalue weighted by Crippen LogP contribution is -2.30. The Morgan fingerprint density at radius 2 is 2.16 bits per heavy atom. The third-order valence-corrected chi connectivity index (χ3v) is 3.59. The SMILES string of the molecule is CC(C)CN(Cc1ccc(F)cc1C(N)=S)C1CC1. The summed E-state index contributed by atoms with van der Waals surface area (Å²) < 4.78 is 13.3. The highest BCUT2D eigenvalue weighted by molar-refractivity contribution is 7.80. The zero-order chi connectivity index (χ0) is 14.0. The first-order valence-corrected chi connectivity index (χ1v) is 7.20. The van der Waals surface area contributed by atoms with Crippen molar-refractivity contribution in [3.63, 3.8) is 0 Å². The fourth-order valence-electron chi connectivity index (χ4n) is 2.39. The zero-order valence-corrected chi connectivity index (χ0v) is 12.3. The molecule has 2 nitrogen and oxygen atoms in total. The van der Waals surface area contributed by atoms with Crippen LogP contribution in [0, 0.1) is 11.7 Å². The molecule has 1 fully saturated rings. The maximum atomic E-state index is 13.3. The molecular weight excluding hydrogens is 259 g/mol. The van der Waals surface area contributed by atoms with Crippen LogP contribution in [0.5, 0.6) is 0 Å². The summed E-state index contributed by atoms with van der Waals surface area (Å²) in [6, 6.07) is 5.40. The predicted octanol–water partition coefficient (Wildman–Crippen LogP) is 3.08. The summed E-state index contributed by atoms with van der Waals surface area (Å²) in [7, 11) is 0. The van der Waals surface area contributed by atoms with Crippen LogP contribution >= 0.6 is 12.2 Å². The van der Waals surface area contributed by atoms with Crippen LogP contribution in [0.1, 0.15) is 37.8 Å². The van der Waals surface area contributed by atoms with Gasteiger partial charge >= 0.3 is 0 Å². The van der Waals surface area contributed by atoms with Gasteiger partial charge in [0, 0.05) is 24.7 Å². The second-order valence-electron chi connectivity index (χ2n) is 5.72. The van der Waals surface area contributed by atoms with Gasteiger partial charge in [-0.05, 0) is 36.5 Å². The van der Waals surface area contributed by atoms with Crippen LogP contribution in [-0.2, 0) is 6.54 Å². The van der Waals surface area contributed by atoms with Gasteiger partial charge in [0.2, 0.25) is 0 Å². The van der Waals surface area contributed by atoms with E-state index in [1.165, 1.54) is 25.0 Å². The van der Waals surface area contributed by atoms with E-state index in [0.29, 0.717) is 17.5 Å². The van der Waals surface area contributed by atoms with Crippen molar-refractivity contribution >= 4 is 17.2 Å². The van der Waals surface area contributed by atoms with Crippen LogP contribution in [-0.4, -0.2) is 22.5 Å². The van der Waals surface area contributed by atoms with Crippen molar-refractivity contribution in [3.05, 3.63) is 35.1 Å². The number of hydrogen-bond donors (Lipinski definition) is 1. The molecule has 2 rings (SSSR count). The molecule has 1 aliphatic carbocycles. The molecule has 2 N–H and O–H groups in total. The maximum absolute atomic E-state index is 13.3. The van der Waals surface area contributed by atoms with E-state index in [4.69, 9.17) is 18.0 Å². The lowest BCUT2D eigenvalue weighted by Gasteiger charge is -2.25. The minimum absolute atomic E-state index is 0.273. The molecule has 4 heteroatoms. The van der Waals surface area contributed by atoms with Crippen molar-refractivity contribution in [1.29, 1.82) is 0 Å². The highest BCUT2D eigenvalue weighted by Crippen LogP contribution is 2.29. The second-order valence-corrected chi connectivity index (χ2v) is 6.16. The first-order valence-electron chi connectivity index (χ1n) is 6.79. The first kappa shape index (κ1) is 14.4. The van der Waals surface area contributed by atoms with E-state index >= 15 is 0 Å².